The number of carbonyl (C=O) groups excluding carboxylic acids is 2. The quantitative estimate of drug-likeness (QED) is 0.164. The SMILES string of the molecule is O=C1OC2C(OC(=O)C(F)(F)SOO[O-])C3CC1C2O3.[Na+]. The summed E-state index contributed by atoms with van der Waals surface area (Å²) in [6, 6.07) is 0. The Morgan fingerprint density at radius 1 is 1.43 bits per heavy atom. The smallest absolute Gasteiger partial charge is 0.691 e. The minimum atomic E-state index is -4.13. The normalized spacial score (nSPS) is 36.3. The number of ether oxygens (including phenoxy) is 3. The number of rotatable bonds is 5. The zero-order valence-electron chi connectivity index (χ0n) is 10.5. The molecule has 0 spiro atoms. The monoisotopic (exact) mass is 336 g/mol. The van der Waals surface area contributed by atoms with Crippen molar-refractivity contribution in [3.8, 4) is 0 Å². The summed E-state index contributed by atoms with van der Waals surface area (Å²) >= 11 is -0.781. The van der Waals surface area contributed by atoms with Crippen LogP contribution in [0.1, 0.15) is 6.42 Å². The van der Waals surface area contributed by atoms with Gasteiger partial charge in [0.2, 0.25) is 0 Å². The fraction of sp³-hybridized carbons (Fsp3) is 0.778. The standard InChI is InChI=1S/C9H8F2O8S.Na/c10-9(11,20-19-18-14)8(13)17-5-3-1-2-4(15-3)6(5)16-7(2)12;/h2-6,14H,1H2;/q;+1/p-1. The third-order valence-corrected chi connectivity index (χ3v) is 3.93. The first kappa shape index (κ1) is 17.3. The number of carbonyl (C=O) groups is 2. The van der Waals surface area contributed by atoms with Gasteiger partial charge in [-0.2, -0.15) is 13.1 Å². The Balaban J connectivity index is 0.00000161. The van der Waals surface area contributed by atoms with Gasteiger partial charge in [0.15, 0.2) is 12.2 Å². The van der Waals surface area contributed by atoms with Gasteiger partial charge in [0.25, 0.3) is 0 Å². The molecule has 0 N–H and O–H groups in total. The van der Waals surface area contributed by atoms with Crippen LogP contribution in [0.3, 0.4) is 0 Å². The second kappa shape index (κ2) is 6.24. The van der Waals surface area contributed by atoms with Crippen molar-refractivity contribution in [2.45, 2.75) is 36.1 Å². The molecule has 0 aromatic rings. The van der Waals surface area contributed by atoms with Crippen LogP contribution in [0, 0.1) is 5.92 Å². The number of halogens is 2. The van der Waals surface area contributed by atoms with E-state index in [4.69, 9.17) is 9.47 Å². The van der Waals surface area contributed by atoms with Crippen LogP contribution in [0.25, 0.3) is 0 Å². The van der Waals surface area contributed by atoms with Crippen LogP contribution in [0.4, 0.5) is 8.78 Å². The van der Waals surface area contributed by atoms with E-state index in [1.54, 1.807) is 0 Å². The van der Waals surface area contributed by atoms with Crippen molar-refractivity contribution in [1.29, 1.82) is 0 Å². The van der Waals surface area contributed by atoms with Crippen LogP contribution in [0.2, 0.25) is 0 Å². The Kier molecular flexibility index (Phi) is 5.15. The van der Waals surface area contributed by atoms with E-state index in [0.29, 0.717) is 0 Å². The first-order chi connectivity index (χ1) is 9.44. The average Bonchev–Trinajstić information content (AvgIpc) is 3.00. The van der Waals surface area contributed by atoms with Gasteiger partial charge in [0.1, 0.15) is 18.1 Å². The second-order valence-electron chi connectivity index (χ2n) is 4.49. The Morgan fingerprint density at radius 3 is 2.81 bits per heavy atom. The topological polar surface area (TPSA) is 103 Å². The predicted molar refractivity (Wildman–Crippen MR) is 51.2 cm³/mol. The summed E-state index contributed by atoms with van der Waals surface area (Å²) in [6.45, 7) is 0. The minimum absolute atomic E-state index is 0. The third-order valence-electron chi connectivity index (χ3n) is 3.43. The van der Waals surface area contributed by atoms with Crippen molar-refractivity contribution >= 4 is 24.0 Å². The van der Waals surface area contributed by atoms with E-state index in [-0.39, 0.29) is 36.0 Å². The molecule has 0 saturated carbocycles. The van der Waals surface area contributed by atoms with E-state index >= 15 is 0 Å². The van der Waals surface area contributed by atoms with E-state index in [9.17, 15) is 23.6 Å². The molecule has 0 aromatic heterocycles. The molecule has 3 aliphatic heterocycles. The van der Waals surface area contributed by atoms with Gasteiger partial charge in [-0.05, 0) is 6.42 Å². The molecule has 2 bridgehead atoms. The van der Waals surface area contributed by atoms with Crippen LogP contribution in [0.5, 0.6) is 0 Å². The molecule has 5 atom stereocenters. The Bertz CT molecular complexity index is 451. The average molecular weight is 336 g/mol. The molecule has 3 saturated heterocycles. The molecular formula is C9H7F2NaO8S. The van der Waals surface area contributed by atoms with Gasteiger partial charge >= 0.3 is 46.8 Å². The molecule has 21 heavy (non-hydrogen) atoms. The summed E-state index contributed by atoms with van der Waals surface area (Å²) < 4.78 is 44.8. The Morgan fingerprint density at radius 2 is 2.14 bits per heavy atom. The zero-order valence-corrected chi connectivity index (χ0v) is 13.3. The molecule has 8 nitrogen and oxygen atoms in total. The van der Waals surface area contributed by atoms with Crippen molar-refractivity contribution in [3.63, 3.8) is 0 Å². The van der Waals surface area contributed by atoms with Crippen LogP contribution < -0.4 is 34.8 Å². The fourth-order valence-corrected chi connectivity index (χ4v) is 2.89. The van der Waals surface area contributed by atoms with Gasteiger partial charge < -0.3 is 19.5 Å². The molecule has 3 heterocycles. The van der Waals surface area contributed by atoms with E-state index in [1.807, 2.05) is 0 Å². The molecule has 0 aromatic carbocycles. The van der Waals surface area contributed by atoms with Crippen molar-refractivity contribution in [3.05, 3.63) is 0 Å². The Hall–Kier alpha value is -0.0100. The minimum Gasteiger partial charge on any atom is -0.691 e. The van der Waals surface area contributed by atoms with Gasteiger partial charge in [-0.25, -0.2) is 4.79 Å². The van der Waals surface area contributed by atoms with E-state index < -0.39 is 59.6 Å². The summed E-state index contributed by atoms with van der Waals surface area (Å²) in [5, 5.41) is 8.09. The van der Waals surface area contributed by atoms with Gasteiger partial charge in [-0.3, -0.25) is 9.83 Å². The number of hydrogen-bond donors (Lipinski definition) is 0. The van der Waals surface area contributed by atoms with E-state index in [1.165, 1.54) is 0 Å². The first-order valence-electron chi connectivity index (χ1n) is 5.53. The summed E-state index contributed by atoms with van der Waals surface area (Å²) in [5.74, 6) is -2.84. The van der Waals surface area contributed by atoms with Crippen molar-refractivity contribution in [2.75, 3.05) is 0 Å². The molecule has 0 amide bonds. The van der Waals surface area contributed by atoms with Crippen LogP contribution in [-0.2, 0) is 33.2 Å². The summed E-state index contributed by atoms with van der Waals surface area (Å²) in [5.41, 5.74) is 0. The summed E-state index contributed by atoms with van der Waals surface area (Å²) in [6.07, 6.45) is -2.91. The van der Waals surface area contributed by atoms with Gasteiger partial charge in [0, 0.05) is 0 Å². The van der Waals surface area contributed by atoms with Gasteiger partial charge in [-0.1, -0.05) is 0 Å². The maximum atomic E-state index is 13.2. The predicted octanol–water partition coefficient (Wildman–Crippen LogP) is -3.92. The number of fused-ring (bicyclic) bond motifs is 1. The zero-order chi connectivity index (χ0) is 14.5. The van der Waals surface area contributed by atoms with Crippen LogP contribution >= 0.6 is 12.0 Å². The third kappa shape index (κ3) is 2.93. The van der Waals surface area contributed by atoms with Crippen LogP contribution in [-0.4, -0.2) is 41.6 Å². The molecule has 3 aliphatic rings. The van der Waals surface area contributed by atoms with E-state index in [2.05, 4.69) is 14.1 Å². The Labute approximate surface area is 142 Å². The molecule has 0 aliphatic carbocycles. The molecule has 12 heteroatoms. The maximum absolute atomic E-state index is 13.2. The fourth-order valence-electron chi connectivity index (χ4n) is 2.66. The van der Waals surface area contributed by atoms with Gasteiger partial charge in [0.05, 0.1) is 12.0 Å². The van der Waals surface area contributed by atoms with Crippen LogP contribution in [0.15, 0.2) is 0 Å². The second-order valence-corrected chi connectivity index (χ2v) is 5.30. The molecule has 0 radical (unpaired) electrons. The summed E-state index contributed by atoms with van der Waals surface area (Å²) in [4.78, 5) is 22.7. The number of hydrogen-bond acceptors (Lipinski definition) is 9. The molecule has 3 rings (SSSR count). The number of alkyl halides is 2. The number of esters is 2. The molecule has 5 unspecified atom stereocenters. The first-order valence-corrected chi connectivity index (χ1v) is 6.27. The van der Waals surface area contributed by atoms with Crippen molar-refractivity contribution in [2.24, 2.45) is 5.92 Å². The molecular weight excluding hydrogens is 329 g/mol. The maximum Gasteiger partial charge on any atom is 1.00 e. The van der Waals surface area contributed by atoms with Gasteiger partial charge in [-0.15, -0.1) is 0 Å². The van der Waals surface area contributed by atoms with Crippen molar-refractivity contribution < 1.29 is 76.8 Å². The molecule has 3 fully saturated rings. The van der Waals surface area contributed by atoms with Crippen molar-refractivity contribution in [1.82, 2.24) is 0 Å². The largest absolute Gasteiger partial charge is 1.00 e. The molecule has 112 valence electrons. The summed E-state index contributed by atoms with van der Waals surface area (Å²) in [7, 11) is 0. The van der Waals surface area contributed by atoms with E-state index in [0.717, 1.165) is 0 Å².